The smallest absolute Gasteiger partial charge is 0.249 e. The van der Waals surface area contributed by atoms with Crippen LogP contribution in [-0.4, -0.2) is 42.9 Å². The van der Waals surface area contributed by atoms with Crippen molar-refractivity contribution in [3.05, 3.63) is 35.0 Å². The van der Waals surface area contributed by atoms with Crippen molar-refractivity contribution in [2.45, 2.75) is 37.3 Å². The normalized spacial score (nSPS) is 27.5. The summed E-state index contributed by atoms with van der Waals surface area (Å²) in [4.78, 5) is 15.5. The first kappa shape index (κ1) is 15.9. The van der Waals surface area contributed by atoms with E-state index in [-0.39, 0.29) is 24.0 Å². The summed E-state index contributed by atoms with van der Waals surface area (Å²) in [5.41, 5.74) is 2.27. The molecule has 6 heteroatoms. The SMILES string of the molecule is O=C(N[C@H]1COC[C@H](c2c[nH]c3ccc(Cl)cc23)C1)[C@@H]1CCCO1. The van der Waals surface area contributed by atoms with Gasteiger partial charge in [0.15, 0.2) is 0 Å². The summed E-state index contributed by atoms with van der Waals surface area (Å²) in [6, 6.07) is 5.87. The predicted molar refractivity (Wildman–Crippen MR) is 92.4 cm³/mol. The first-order valence-corrected chi connectivity index (χ1v) is 8.85. The first-order valence-electron chi connectivity index (χ1n) is 8.47. The van der Waals surface area contributed by atoms with E-state index in [0.29, 0.717) is 19.8 Å². The van der Waals surface area contributed by atoms with Crippen molar-refractivity contribution in [1.29, 1.82) is 0 Å². The van der Waals surface area contributed by atoms with Crippen LogP contribution in [0.15, 0.2) is 24.4 Å². The fourth-order valence-corrected chi connectivity index (χ4v) is 3.85. The van der Waals surface area contributed by atoms with E-state index in [4.69, 9.17) is 21.1 Å². The molecule has 0 unspecified atom stereocenters. The zero-order valence-corrected chi connectivity index (χ0v) is 14.1. The van der Waals surface area contributed by atoms with Crippen molar-refractivity contribution in [2.24, 2.45) is 0 Å². The molecule has 128 valence electrons. The third kappa shape index (κ3) is 3.16. The number of carbonyl (C=O) groups is 1. The Kier molecular flexibility index (Phi) is 4.48. The van der Waals surface area contributed by atoms with Crippen LogP contribution in [0.4, 0.5) is 0 Å². The Morgan fingerprint density at radius 3 is 3.08 bits per heavy atom. The number of ether oxygens (including phenoxy) is 2. The molecule has 4 rings (SSSR count). The molecule has 2 aromatic rings. The summed E-state index contributed by atoms with van der Waals surface area (Å²) in [6.45, 7) is 1.89. The minimum absolute atomic E-state index is 0.0104. The lowest BCUT2D eigenvalue weighted by Gasteiger charge is -2.30. The highest BCUT2D eigenvalue weighted by Crippen LogP contribution is 2.32. The zero-order chi connectivity index (χ0) is 16.5. The standard InChI is InChI=1S/C18H21ClN2O3/c19-12-3-4-16-14(7-12)15(8-20-16)11-6-13(10-23-9-11)21-18(22)17-2-1-5-24-17/h3-4,7-8,11,13,17,20H,1-2,5-6,9-10H2,(H,21,22)/t11-,13-,17+/m1/s1. The molecule has 1 aromatic heterocycles. The molecule has 5 nitrogen and oxygen atoms in total. The van der Waals surface area contributed by atoms with Gasteiger partial charge in [-0.25, -0.2) is 0 Å². The van der Waals surface area contributed by atoms with Gasteiger partial charge in [0.2, 0.25) is 5.91 Å². The quantitative estimate of drug-likeness (QED) is 0.896. The average Bonchev–Trinajstić information content (AvgIpc) is 3.24. The number of carbonyl (C=O) groups excluding carboxylic acids is 1. The number of benzene rings is 1. The molecule has 2 N–H and O–H groups in total. The molecule has 1 aromatic carbocycles. The van der Waals surface area contributed by atoms with E-state index in [1.165, 1.54) is 5.56 Å². The van der Waals surface area contributed by atoms with Gasteiger partial charge in [-0.05, 0) is 43.0 Å². The van der Waals surface area contributed by atoms with Crippen molar-refractivity contribution in [3.8, 4) is 0 Å². The average molecular weight is 349 g/mol. The van der Waals surface area contributed by atoms with Crippen LogP contribution in [0.25, 0.3) is 10.9 Å². The number of aromatic amines is 1. The van der Waals surface area contributed by atoms with Gasteiger partial charge in [0.05, 0.1) is 19.3 Å². The molecule has 0 aliphatic carbocycles. The highest BCUT2D eigenvalue weighted by molar-refractivity contribution is 6.31. The van der Waals surface area contributed by atoms with Gasteiger partial charge in [-0.15, -0.1) is 0 Å². The fourth-order valence-electron chi connectivity index (χ4n) is 3.68. The second kappa shape index (κ2) is 6.75. The molecular formula is C18H21ClN2O3. The molecule has 0 saturated carbocycles. The number of H-pyrrole nitrogens is 1. The van der Waals surface area contributed by atoms with Crippen molar-refractivity contribution in [2.75, 3.05) is 19.8 Å². The van der Waals surface area contributed by atoms with Gasteiger partial charge in [0.25, 0.3) is 0 Å². The number of hydrogen-bond donors (Lipinski definition) is 2. The summed E-state index contributed by atoms with van der Waals surface area (Å²) >= 11 is 6.14. The van der Waals surface area contributed by atoms with Crippen LogP contribution in [0.3, 0.4) is 0 Å². The van der Waals surface area contributed by atoms with E-state index in [1.807, 2.05) is 24.4 Å². The highest BCUT2D eigenvalue weighted by atomic mass is 35.5. The zero-order valence-electron chi connectivity index (χ0n) is 13.4. The fraction of sp³-hybridized carbons (Fsp3) is 0.500. The maximum atomic E-state index is 12.2. The molecule has 2 saturated heterocycles. The molecule has 2 aliphatic heterocycles. The molecule has 2 fully saturated rings. The topological polar surface area (TPSA) is 63.3 Å². The van der Waals surface area contributed by atoms with Gasteiger partial charge < -0.3 is 19.8 Å². The summed E-state index contributed by atoms with van der Waals surface area (Å²) in [5.74, 6) is 0.226. The molecule has 1 amide bonds. The number of fused-ring (bicyclic) bond motifs is 1. The number of aromatic nitrogens is 1. The van der Waals surface area contributed by atoms with Crippen LogP contribution < -0.4 is 5.32 Å². The van der Waals surface area contributed by atoms with Crippen molar-refractivity contribution >= 4 is 28.4 Å². The third-order valence-corrected chi connectivity index (χ3v) is 5.13. The van der Waals surface area contributed by atoms with E-state index >= 15 is 0 Å². The van der Waals surface area contributed by atoms with E-state index < -0.39 is 0 Å². The lowest BCUT2D eigenvalue weighted by molar-refractivity contribution is -0.131. The molecule has 0 spiro atoms. The van der Waals surface area contributed by atoms with Crippen LogP contribution in [-0.2, 0) is 14.3 Å². The molecule has 0 radical (unpaired) electrons. The monoisotopic (exact) mass is 348 g/mol. The predicted octanol–water partition coefficient (Wildman–Crippen LogP) is 2.99. The van der Waals surface area contributed by atoms with Crippen LogP contribution in [0.5, 0.6) is 0 Å². The summed E-state index contributed by atoms with van der Waals surface area (Å²) < 4.78 is 11.2. The maximum absolute atomic E-state index is 12.2. The van der Waals surface area contributed by atoms with Gasteiger partial charge in [-0.3, -0.25) is 4.79 Å². The number of rotatable bonds is 3. The third-order valence-electron chi connectivity index (χ3n) is 4.89. The molecule has 3 atom stereocenters. The Labute approximate surface area is 145 Å². The lowest BCUT2D eigenvalue weighted by Crippen LogP contribution is -2.46. The summed E-state index contributed by atoms with van der Waals surface area (Å²) in [6.07, 6.45) is 4.36. The number of amides is 1. The van der Waals surface area contributed by atoms with E-state index in [0.717, 1.165) is 35.2 Å². The van der Waals surface area contributed by atoms with Gasteiger partial charge in [0.1, 0.15) is 6.10 Å². The number of hydrogen-bond acceptors (Lipinski definition) is 3. The summed E-state index contributed by atoms with van der Waals surface area (Å²) in [5, 5.41) is 4.94. The van der Waals surface area contributed by atoms with E-state index in [2.05, 4.69) is 10.3 Å². The molecule has 24 heavy (non-hydrogen) atoms. The Morgan fingerprint density at radius 1 is 1.33 bits per heavy atom. The molecule has 2 aliphatic rings. The number of halogens is 1. The van der Waals surface area contributed by atoms with E-state index in [9.17, 15) is 4.79 Å². The minimum atomic E-state index is -0.294. The Morgan fingerprint density at radius 2 is 2.25 bits per heavy atom. The molecule has 3 heterocycles. The van der Waals surface area contributed by atoms with E-state index in [1.54, 1.807) is 0 Å². The molecular weight excluding hydrogens is 328 g/mol. The Bertz CT molecular complexity index is 739. The van der Waals surface area contributed by atoms with Crippen molar-refractivity contribution < 1.29 is 14.3 Å². The van der Waals surface area contributed by atoms with Gasteiger partial charge >= 0.3 is 0 Å². The van der Waals surface area contributed by atoms with Gasteiger partial charge in [0, 0.05) is 34.6 Å². The summed E-state index contributed by atoms with van der Waals surface area (Å²) in [7, 11) is 0. The lowest BCUT2D eigenvalue weighted by atomic mass is 9.91. The largest absolute Gasteiger partial charge is 0.379 e. The maximum Gasteiger partial charge on any atom is 0.249 e. The Balaban J connectivity index is 1.47. The van der Waals surface area contributed by atoms with Crippen molar-refractivity contribution in [1.82, 2.24) is 10.3 Å². The van der Waals surface area contributed by atoms with Crippen LogP contribution >= 0.6 is 11.6 Å². The van der Waals surface area contributed by atoms with Gasteiger partial charge in [-0.1, -0.05) is 11.6 Å². The first-order chi connectivity index (χ1) is 11.7. The minimum Gasteiger partial charge on any atom is -0.379 e. The van der Waals surface area contributed by atoms with Crippen molar-refractivity contribution in [3.63, 3.8) is 0 Å². The van der Waals surface area contributed by atoms with Crippen LogP contribution in [0.2, 0.25) is 5.02 Å². The number of nitrogens with one attached hydrogen (secondary N) is 2. The highest BCUT2D eigenvalue weighted by Gasteiger charge is 2.30. The van der Waals surface area contributed by atoms with Crippen LogP contribution in [0, 0.1) is 0 Å². The second-order valence-corrected chi connectivity index (χ2v) is 7.05. The van der Waals surface area contributed by atoms with Gasteiger partial charge in [-0.2, -0.15) is 0 Å². The Hall–Kier alpha value is -1.56. The van der Waals surface area contributed by atoms with Crippen LogP contribution in [0.1, 0.15) is 30.7 Å². The second-order valence-electron chi connectivity index (χ2n) is 6.61. The molecule has 0 bridgehead atoms.